The van der Waals surface area contributed by atoms with E-state index in [1.807, 2.05) is 45.0 Å². The summed E-state index contributed by atoms with van der Waals surface area (Å²) in [4.78, 5) is 11.7. The van der Waals surface area contributed by atoms with Crippen LogP contribution in [0.15, 0.2) is 28.7 Å². The molecule has 0 spiro atoms. The van der Waals surface area contributed by atoms with E-state index in [0.717, 1.165) is 10.2 Å². The monoisotopic (exact) mass is 284 g/mol. The molecule has 1 rings (SSSR count). The number of carbonyl (C=O) groups excluding carboxylic acids is 1. The maximum absolute atomic E-state index is 11.7. The van der Waals surface area contributed by atoms with E-state index in [4.69, 9.17) is 0 Å². The number of benzene rings is 1. The highest BCUT2D eigenvalue weighted by Gasteiger charge is 2.13. The molecule has 0 aliphatic rings. The third kappa shape index (κ3) is 3.85. The van der Waals surface area contributed by atoms with Gasteiger partial charge >= 0.3 is 0 Å². The zero-order valence-corrected chi connectivity index (χ0v) is 11.3. The van der Waals surface area contributed by atoms with E-state index >= 15 is 0 Å². The largest absolute Gasteiger partial charge is 0.373 e. The molecule has 0 aliphatic heterocycles. The first kappa shape index (κ1) is 13.0. The van der Waals surface area contributed by atoms with Gasteiger partial charge in [0.25, 0.3) is 0 Å². The Labute approximate surface area is 105 Å². The van der Waals surface area contributed by atoms with Gasteiger partial charge in [-0.1, -0.05) is 12.1 Å². The molecular weight excluding hydrogens is 268 g/mol. The molecule has 0 saturated carbocycles. The first-order chi connectivity index (χ1) is 7.50. The molecule has 1 unspecified atom stereocenters. The van der Waals surface area contributed by atoms with Crippen LogP contribution in [-0.2, 0) is 4.79 Å². The summed E-state index contributed by atoms with van der Waals surface area (Å²) in [6.07, 6.45) is 0. The normalized spacial score (nSPS) is 12.3. The standard InChI is InChI=1S/C12H17BrN2O/c1-8(2)14-12(16)9(3)15-11-7-5-4-6-10(11)13/h4-9,15H,1-3H3,(H,14,16). The summed E-state index contributed by atoms with van der Waals surface area (Å²) >= 11 is 3.43. The number of rotatable bonds is 4. The second-order valence-corrected chi connectivity index (χ2v) is 4.86. The summed E-state index contributed by atoms with van der Waals surface area (Å²) in [5, 5.41) is 6.02. The number of carbonyl (C=O) groups is 1. The minimum absolute atomic E-state index is 0.00533. The van der Waals surface area contributed by atoms with Gasteiger partial charge < -0.3 is 10.6 Å². The van der Waals surface area contributed by atoms with Gasteiger partial charge in [0.05, 0.1) is 0 Å². The van der Waals surface area contributed by atoms with Crippen molar-refractivity contribution in [3.05, 3.63) is 28.7 Å². The summed E-state index contributed by atoms with van der Waals surface area (Å²) in [5.74, 6) is 0.00533. The lowest BCUT2D eigenvalue weighted by Gasteiger charge is -2.17. The fourth-order valence-corrected chi connectivity index (χ4v) is 1.69. The van der Waals surface area contributed by atoms with Crippen molar-refractivity contribution in [2.45, 2.75) is 32.9 Å². The summed E-state index contributed by atoms with van der Waals surface area (Å²) in [6, 6.07) is 7.66. The van der Waals surface area contributed by atoms with Crippen LogP contribution in [0, 0.1) is 0 Å². The lowest BCUT2D eigenvalue weighted by Crippen LogP contribution is -2.41. The lowest BCUT2D eigenvalue weighted by atomic mass is 10.2. The quantitative estimate of drug-likeness (QED) is 0.893. The van der Waals surface area contributed by atoms with Gasteiger partial charge in [0.15, 0.2) is 0 Å². The molecule has 0 bridgehead atoms. The third-order valence-corrected chi connectivity index (χ3v) is 2.76. The van der Waals surface area contributed by atoms with E-state index in [-0.39, 0.29) is 18.0 Å². The topological polar surface area (TPSA) is 41.1 Å². The zero-order chi connectivity index (χ0) is 12.1. The second-order valence-electron chi connectivity index (χ2n) is 4.01. The molecule has 0 aromatic heterocycles. The average molecular weight is 285 g/mol. The predicted molar refractivity (Wildman–Crippen MR) is 70.5 cm³/mol. The Balaban J connectivity index is 2.61. The van der Waals surface area contributed by atoms with Gasteiger partial charge in [-0.2, -0.15) is 0 Å². The van der Waals surface area contributed by atoms with Gasteiger partial charge in [0, 0.05) is 16.2 Å². The summed E-state index contributed by atoms with van der Waals surface area (Å²) in [5.41, 5.74) is 0.925. The fraction of sp³-hybridized carbons (Fsp3) is 0.417. The highest BCUT2D eigenvalue weighted by Crippen LogP contribution is 2.21. The predicted octanol–water partition coefficient (Wildman–Crippen LogP) is 2.77. The van der Waals surface area contributed by atoms with E-state index in [1.165, 1.54) is 0 Å². The van der Waals surface area contributed by atoms with Gasteiger partial charge in [0.2, 0.25) is 5.91 Å². The Morgan fingerprint density at radius 3 is 2.44 bits per heavy atom. The molecule has 0 saturated heterocycles. The molecule has 1 amide bonds. The molecular formula is C12H17BrN2O. The van der Waals surface area contributed by atoms with Gasteiger partial charge in [-0.3, -0.25) is 4.79 Å². The fourth-order valence-electron chi connectivity index (χ4n) is 1.29. The number of hydrogen-bond acceptors (Lipinski definition) is 2. The van der Waals surface area contributed by atoms with Crippen LogP contribution in [0.5, 0.6) is 0 Å². The first-order valence-electron chi connectivity index (χ1n) is 5.32. The minimum Gasteiger partial charge on any atom is -0.373 e. The van der Waals surface area contributed by atoms with E-state index in [9.17, 15) is 4.79 Å². The summed E-state index contributed by atoms with van der Waals surface area (Å²) in [6.45, 7) is 5.74. The minimum atomic E-state index is -0.249. The van der Waals surface area contributed by atoms with Gasteiger partial charge in [-0.05, 0) is 48.8 Å². The van der Waals surface area contributed by atoms with Crippen molar-refractivity contribution in [3.8, 4) is 0 Å². The van der Waals surface area contributed by atoms with Crippen LogP contribution in [0.25, 0.3) is 0 Å². The maximum Gasteiger partial charge on any atom is 0.242 e. The number of para-hydroxylation sites is 1. The van der Waals surface area contributed by atoms with Gasteiger partial charge in [-0.25, -0.2) is 0 Å². The molecule has 1 atom stereocenters. The Bertz CT molecular complexity index is 366. The SMILES string of the molecule is CC(C)NC(=O)C(C)Nc1ccccc1Br. The Morgan fingerprint density at radius 1 is 1.25 bits per heavy atom. The van der Waals surface area contributed by atoms with Crippen LogP contribution in [0.3, 0.4) is 0 Å². The Kier molecular flexibility index (Phi) is 4.80. The van der Waals surface area contributed by atoms with E-state index in [1.54, 1.807) is 0 Å². The Hall–Kier alpha value is -1.03. The maximum atomic E-state index is 11.7. The molecule has 0 fully saturated rings. The van der Waals surface area contributed by atoms with Crippen molar-refractivity contribution in [2.24, 2.45) is 0 Å². The molecule has 16 heavy (non-hydrogen) atoms. The van der Waals surface area contributed by atoms with Crippen molar-refractivity contribution in [1.82, 2.24) is 5.32 Å². The van der Waals surface area contributed by atoms with Gasteiger partial charge in [0.1, 0.15) is 6.04 Å². The zero-order valence-electron chi connectivity index (χ0n) is 9.75. The van der Waals surface area contributed by atoms with Crippen LogP contribution < -0.4 is 10.6 Å². The molecule has 0 radical (unpaired) electrons. The average Bonchev–Trinajstić information content (AvgIpc) is 2.20. The molecule has 3 nitrogen and oxygen atoms in total. The van der Waals surface area contributed by atoms with Crippen LogP contribution >= 0.6 is 15.9 Å². The summed E-state index contributed by atoms with van der Waals surface area (Å²) < 4.78 is 0.958. The van der Waals surface area contributed by atoms with Crippen LogP contribution in [0.2, 0.25) is 0 Å². The second kappa shape index (κ2) is 5.89. The first-order valence-corrected chi connectivity index (χ1v) is 6.11. The van der Waals surface area contributed by atoms with E-state index in [0.29, 0.717) is 0 Å². The van der Waals surface area contributed by atoms with Crippen molar-refractivity contribution in [1.29, 1.82) is 0 Å². The van der Waals surface area contributed by atoms with Crippen molar-refractivity contribution < 1.29 is 4.79 Å². The third-order valence-electron chi connectivity index (χ3n) is 2.07. The molecule has 4 heteroatoms. The molecule has 88 valence electrons. The van der Waals surface area contributed by atoms with E-state index in [2.05, 4.69) is 26.6 Å². The Morgan fingerprint density at radius 2 is 1.88 bits per heavy atom. The van der Waals surface area contributed by atoms with Crippen LogP contribution in [0.1, 0.15) is 20.8 Å². The highest BCUT2D eigenvalue weighted by atomic mass is 79.9. The number of hydrogen-bond donors (Lipinski definition) is 2. The number of anilines is 1. The molecule has 2 N–H and O–H groups in total. The van der Waals surface area contributed by atoms with E-state index < -0.39 is 0 Å². The number of nitrogens with one attached hydrogen (secondary N) is 2. The summed E-state index contributed by atoms with van der Waals surface area (Å²) in [7, 11) is 0. The molecule has 1 aromatic rings. The smallest absolute Gasteiger partial charge is 0.242 e. The van der Waals surface area contributed by atoms with Crippen molar-refractivity contribution in [2.75, 3.05) is 5.32 Å². The van der Waals surface area contributed by atoms with Crippen LogP contribution in [-0.4, -0.2) is 18.0 Å². The lowest BCUT2D eigenvalue weighted by molar-refractivity contribution is -0.122. The van der Waals surface area contributed by atoms with Crippen LogP contribution in [0.4, 0.5) is 5.69 Å². The number of halogens is 1. The highest BCUT2D eigenvalue weighted by molar-refractivity contribution is 9.10. The van der Waals surface area contributed by atoms with Crippen molar-refractivity contribution >= 4 is 27.5 Å². The molecule has 1 aromatic carbocycles. The number of amides is 1. The molecule has 0 heterocycles. The molecule has 0 aliphatic carbocycles. The van der Waals surface area contributed by atoms with Gasteiger partial charge in [-0.15, -0.1) is 0 Å². The van der Waals surface area contributed by atoms with Crippen molar-refractivity contribution in [3.63, 3.8) is 0 Å².